The highest BCUT2D eigenvalue weighted by molar-refractivity contribution is 7.79. The summed E-state index contributed by atoms with van der Waals surface area (Å²) in [4.78, 5) is 0.266. The molecule has 0 aromatic carbocycles. The zero-order chi connectivity index (χ0) is 7.72. The quantitative estimate of drug-likeness (QED) is 0.540. The number of hydrogen-bond acceptors (Lipinski definition) is 3. The monoisotopic (exact) mass is 159 g/mol. The predicted molar refractivity (Wildman–Crippen MR) is 35.1 cm³/mol. The second kappa shape index (κ2) is 2.51. The Labute approximate surface area is 61.1 Å². The maximum atomic E-state index is 10.4. The number of rotatable bonds is 1. The van der Waals surface area contributed by atoms with Gasteiger partial charge in [0.2, 0.25) is 0 Å². The third-order valence-electron chi connectivity index (χ3n) is 1.15. The molecule has 1 aromatic heterocycles. The van der Waals surface area contributed by atoms with E-state index in [1.54, 1.807) is 14.0 Å². The average Bonchev–Trinajstić information content (AvgIpc) is 2.10. The van der Waals surface area contributed by atoms with Gasteiger partial charge in [0, 0.05) is 13.2 Å². The maximum Gasteiger partial charge on any atom is 0.0743 e. The summed E-state index contributed by atoms with van der Waals surface area (Å²) < 4.78 is 22.2. The predicted octanol–water partition coefficient (Wildman–Crippen LogP) is -0.0335. The Balaban J connectivity index is 3.15. The van der Waals surface area contributed by atoms with Gasteiger partial charge in [0.25, 0.3) is 0 Å². The molecule has 0 N–H and O–H groups in total. The average molecular weight is 159 g/mol. The molecule has 5 heteroatoms. The third kappa shape index (κ3) is 1.25. The second-order valence-corrected chi connectivity index (χ2v) is 2.90. The lowest BCUT2D eigenvalue weighted by Gasteiger charge is -1.99. The minimum Gasteiger partial charge on any atom is -0.768 e. The first-order valence-electron chi connectivity index (χ1n) is 2.71. The molecular weight excluding hydrogens is 152 g/mol. The maximum absolute atomic E-state index is 10.4. The van der Waals surface area contributed by atoms with E-state index in [1.165, 1.54) is 10.9 Å². The highest BCUT2D eigenvalue weighted by Crippen LogP contribution is 2.07. The van der Waals surface area contributed by atoms with Gasteiger partial charge in [0.15, 0.2) is 0 Å². The molecule has 1 heterocycles. The summed E-state index contributed by atoms with van der Waals surface area (Å²) >= 11 is -2.15. The SMILES string of the molecule is Cc1nn(C)cc1S(=O)[O-]. The molecule has 0 amide bonds. The van der Waals surface area contributed by atoms with Gasteiger partial charge < -0.3 is 4.55 Å². The molecule has 0 aliphatic heterocycles. The van der Waals surface area contributed by atoms with Crippen molar-refractivity contribution in [3.8, 4) is 0 Å². The van der Waals surface area contributed by atoms with Crippen molar-refractivity contribution in [3.63, 3.8) is 0 Å². The molecule has 0 saturated heterocycles. The fourth-order valence-electron chi connectivity index (χ4n) is 0.741. The second-order valence-electron chi connectivity index (χ2n) is 1.99. The minimum absolute atomic E-state index is 0.266. The Morgan fingerprint density at radius 1 is 1.80 bits per heavy atom. The molecule has 0 bridgehead atoms. The molecule has 4 nitrogen and oxygen atoms in total. The molecule has 0 aliphatic rings. The summed E-state index contributed by atoms with van der Waals surface area (Å²) in [6.45, 7) is 1.66. The van der Waals surface area contributed by atoms with Gasteiger partial charge in [-0.05, 0) is 18.0 Å². The normalized spacial score (nSPS) is 13.5. The van der Waals surface area contributed by atoms with Crippen LogP contribution in [0.2, 0.25) is 0 Å². The Bertz CT molecular complexity index is 269. The van der Waals surface area contributed by atoms with Crippen LogP contribution in [0.25, 0.3) is 0 Å². The van der Waals surface area contributed by atoms with Gasteiger partial charge >= 0.3 is 0 Å². The molecule has 10 heavy (non-hydrogen) atoms. The first-order chi connectivity index (χ1) is 4.61. The Kier molecular flexibility index (Phi) is 1.87. The third-order valence-corrected chi connectivity index (χ3v) is 1.91. The van der Waals surface area contributed by atoms with Crippen LogP contribution in [-0.4, -0.2) is 18.5 Å². The van der Waals surface area contributed by atoms with E-state index in [0.29, 0.717) is 5.69 Å². The zero-order valence-electron chi connectivity index (χ0n) is 5.70. The van der Waals surface area contributed by atoms with Gasteiger partial charge in [0.05, 0.1) is 10.6 Å². The molecule has 1 atom stereocenters. The molecule has 0 radical (unpaired) electrons. The number of aromatic nitrogens is 2. The van der Waals surface area contributed by atoms with Crippen molar-refractivity contribution in [1.82, 2.24) is 9.78 Å². The van der Waals surface area contributed by atoms with Crippen LogP contribution in [0.15, 0.2) is 11.1 Å². The van der Waals surface area contributed by atoms with Gasteiger partial charge in [-0.3, -0.25) is 8.89 Å². The summed E-state index contributed by atoms with van der Waals surface area (Å²) in [6, 6.07) is 0. The first-order valence-corrected chi connectivity index (χ1v) is 3.78. The van der Waals surface area contributed by atoms with E-state index in [2.05, 4.69) is 5.10 Å². The fourth-order valence-corrected chi connectivity index (χ4v) is 1.26. The number of aryl methyl sites for hydroxylation is 2. The topological polar surface area (TPSA) is 58.0 Å². The van der Waals surface area contributed by atoms with Gasteiger partial charge in [-0.2, -0.15) is 5.10 Å². The van der Waals surface area contributed by atoms with E-state index in [0.717, 1.165) is 0 Å². The molecule has 0 fully saturated rings. The van der Waals surface area contributed by atoms with Crippen LogP contribution < -0.4 is 0 Å². The molecular formula is C5H7N2O2S-. The van der Waals surface area contributed by atoms with E-state index in [9.17, 15) is 8.76 Å². The summed E-state index contributed by atoms with van der Waals surface area (Å²) in [5, 5.41) is 3.86. The van der Waals surface area contributed by atoms with E-state index in [4.69, 9.17) is 0 Å². The van der Waals surface area contributed by atoms with Crippen LogP contribution in [0.5, 0.6) is 0 Å². The highest BCUT2D eigenvalue weighted by Gasteiger charge is 2.00. The Morgan fingerprint density at radius 3 is 2.60 bits per heavy atom. The van der Waals surface area contributed by atoms with Gasteiger partial charge in [-0.15, -0.1) is 0 Å². The summed E-state index contributed by atoms with van der Waals surface area (Å²) in [6.07, 6.45) is 1.47. The van der Waals surface area contributed by atoms with E-state index < -0.39 is 11.1 Å². The molecule has 0 aliphatic carbocycles. The number of hydrogen-bond donors (Lipinski definition) is 0. The van der Waals surface area contributed by atoms with Gasteiger partial charge in [0.1, 0.15) is 0 Å². The van der Waals surface area contributed by atoms with Crippen LogP contribution in [0.3, 0.4) is 0 Å². The first kappa shape index (κ1) is 7.43. The molecule has 0 spiro atoms. The van der Waals surface area contributed by atoms with Crippen molar-refractivity contribution in [1.29, 1.82) is 0 Å². The van der Waals surface area contributed by atoms with Crippen molar-refractivity contribution in [2.24, 2.45) is 7.05 Å². The van der Waals surface area contributed by atoms with Crippen LogP contribution in [0.4, 0.5) is 0 Å². The van der Waals surface area contributed by atoms with E-state index in [-0.39, 0.29) is 4.90 Å². The van der Waals surface area contributed by atoms with E-state index >= 15 is 0 Å². The molecule has 1 aromatic rings. The summed E-state index contributed by atoms with van der Waals surface area (Å²) in [5.41, 5.74) is 0.538. The van der Waals surface area contributed by atoms with E-state index in [1.807, 2.05) is 0 Å². The lowest BCUT2D eigenvalue weighted by molar-refractivity contribution is 0.536. The van der Waals surface area contributed by atoms with Gasteiger partial charge in [-0.25, -0.2) is 0 Å². The summed E-state index contributed by atoms with van der Waals surface area (Å²) in [7, 11) is 1.68. The standard InChI is InChI=1S/C5H8N2O2S/c1-4-5(10(8)9)3-7(2)6-4/h3H,1-2H3,(H,8,9)/p-1. The highest BCUT2D eigenvalue weighted by atomic mass is 32.2. The Morgan fingerprint density at radius 2 is 2.40 bits per heavy atom. The fraction of sp³-hybridized carbons (Fsp3) is 0.400. The zero-order valence-corrected chi connectivity index (χ0v) is 6.51. The smallest absolute Gasteiger partial charge is 0.0743 e. The van der Waals surface area contributed by atoms with Crippen LogP contribution in [0.1, 0.15) is 5.69 Å². The van der Waals surface area contributed by atoms with Crippen molar-refractivity contribution in [2.45, 2.75) is 11.8 Å². The lowest BCUT2D eigenvalue weighted by atomic mass is 10.5. The van der Waals surface area contributed by atoms with Crippen LogP contribution in [-0.2, 0) is 18.1 Å². The minimum atomic E-state index is -2.15. The summed E-state index contributed by atoms with van der Waals surface area (Å²) in [5.74, 6) is 0. The Hall–Kier alpha value is -0.680. The van der Waals surface area contributed by atoms with Crippen molar-refractivity contribution < 1.29 is 8.76 Å². The largest absolute Gasteiger partial charge is 0.768 e. The molecule has 1 unspecified atom stereocenters. The van der Waals surface area contributed by atoms with Crippen molar-refractivity contribution in [3.05, 3.63) is 11.9 Å². The molecule has 0 saturated carbocycles. The lowest BCUT2D eigenvalue weighted by Crippen LogP contribution is -1.87. The van der Waals surface area contributed by atoms with Crippen LogP contribution in [0, 0.1) is 6.92 Å². The van der Waals surface area contributed by atoms with Crippen molar-refractivity contribution >= 4 is 11.1 Å². The number of nitrogens with zero attached hydrogens (tertiary/aromatic N) is 2. The van der Waals surface area contributed by atoms with Gasteiger partial charge in [-0.1, -0.05) is 0 Å². The van der Waals surface area contributed by atoms with Crippen LogP contribution >= 0.6 is 0 Å². The molecule has 1 rings (SSSR count). The van der Waals surface area contributed by atoms with Crippen molar-refractivity contribution in [2.75, 3.05) is 0 Å². The molecule has 56 valence electrons.